The van der Waals surface area contributed by atoms with Crippen LogP contribution in [-0.2, 0) is 4.79 Å². The van der Waals surface area contributed by atoms with Crippen LogP contribution in [0.25, 0.3) is 6.08 Å². The van der Waals surface area contributed by atoms with Gasteiger partial charge in [0, 0.05) is 5.56 Å². The number of phenolic OH excluding ortho intramolecular Hbond substituents is 2. The van der Waals surface area contributed by atoms with Crippen molar-refractivity contribution < 1.29 is 19.7 Å². The molecule has 0 fully saturated rings. The highest BCUT2D eigenvalue weighted by molar-refractivity contribution is 5.77. The lowest BCUT2D eigenvalue weighted by molar-refractivity contribution is 0.350. The SMILES string of the molecule is COc1c(C=C[C]=O)ccc(O)c1O. The number of rotatable bonds is 3. The predicted molar refractivity (Wildman–Crippen MR) is 51.1 cm³/mol. The third-order valence-electron chi connectivity index (χ3n) is 1.68. The zero-order valence-electron chi connectivity index (χ0n) is 7.52. The highest BCUT2D eigenvalue weighted by atomic mass is 16.5. The Morgan fingerprint density at radius 2 is 2.14 bits per heavy atom. The summed E-state index contributed by atoms with van der Waals surface area (Å²) in [7, 11) is 1.36. The molecule has 0 aromatic heterocycles. The lowest BCUT2D eigenvalue weighted by atomic mass is 10.1. The molecule has 0 saturated heterocycles. The van der Waals surface area contributed by atoms with E-state index in [0.29, 0.717) is 5.56 Å². The molecular weight excluding hydrogens is 184 g/mol. The second kappa shape index (κ2) is 4.32. The fraction of sp³-hybridized carbons (Fsp3) is 0.100. The number of benzene rings is 1. The summed E-state index contributed by atoms with van der Waals surface area (Å²) >= 11 is 0. The average Bonchev–Trinajstić information content (AvgIpc) is 2.20. The molecule has 0 spiro atoms. The predicted octanol–water partition coefficient (Wildman–Crippen LogP) is 1.23. The zero-order valence-corrected chi connectivity index (χ0v) is 7.52. The maximum atomic E-state index is 9.97. The van der Waals surface area contributed by atoms with Gasteiger partial charge < -0.3 is 14.9 Å². The number of hydrogen-bond donors (Lipinski definition) is 2. The van der Waals surface area contributed by atoms with Gasteiger partial charge in [0.2, 0.25) is 12.0 Å². The Balaban J connectivity index is 3.23. The van der Waals surface area contributed by atoms with E-state index < -0.39 is 0 Å². The van der Waals surface area contributed by atoms with Crippen molar-refractivity contribution >= 4 is 12.4 Å². The summed E-state index contributed by atoms with van der Waals surface area (Å²) in [4.78, 5) is 9.97. The molecule has 0 atom stereocenters. The Labute approximate surface area is 81.1 Å². The van der Waals surface area contributed by atoms with Crippen LogP contribution in [0.3, 0.4) is 0 Å². The Kier molecular flexibility index (Phi) is 3.12. The van der Waals surface area contributed by atoms with Crippen molar-refractivity contribution in [3.63, 3.8) is 0 Å². The van der Waals surface area contributed by atoms with Gasteiger partial charge in [0.25, 0.3) is 0 Å². The lowest BCUT2D eigenvalue weighted by Crippen LogP contribution is -1.87. The van der Waals surface area contributed by atoms with Crippen LogP contribution in [0.15, 0.2) is 18.2 Å². The minimum atomic E-state index is -0.347. The van der Waals surface area contributed by atoms with Gasteiger partial charge in [-0.1, -0.05) is 0 Å². The van der Waals surface area contributed by atoms with Crippen molar-refractivity contribution in [1.29, 1.82) is 0 Å². The fourth-order valence-electron chi connectivity index (χ4n) is 1.05. The van der Waals surface area contributed by atoms with Gasteiger partial charge in [0.05, 0.1) is 7.11 Å². The molecule has 1 aromatic rings. The third-order valence-corrected chi connectivity index (χ3v) is 1.68. The highest BCUT2D eigenvalue weighted by Gasteiger charge is 2.10. The van der Waals surface area contributed by atoms with Crippen LogP contribution < -0.4 is 4.74 Å². The van der Waals surface area contributed by atoms with E-state index in [2.05, 4.69) is 0 Å². The molecule has 4 nitrogen and oxygen atoms in total. The van der Waals surface area contributed by atoms with Gasteiger partial charge in [-0.3, -0.25) is 4.79 Å². The van der Waals surface area contributed by atoms with Crippen molar-refractivity contribution in [3.05, 3.63) is 23.8 Å². The molecule has 0 amide bonds. The van der Waals surface area contributed by atoms with Gasteiger partial charge >= 0.3 is 0 Å². The number of allylic oxidation sites excluding steroid dienone is 1. The van der Waals surface area contributed by atoms with Crippen LogP contribution in [0.1, 0.15) is 5.56 Å². The molecule has 73 valence electrons. The zero-order chi connectivity index (χ0) is 10.6. The molecule has 1 aromatic carbocycles. The number of hydrogen-bond acceptors (Lipinski definition) is 4. The van der Waals surface area contributed by atoms with Gasteiger partial charge in [-0.05, 0) is 24.3 Å². The van der Waals surface area contributed by atoms with Crippen molar-refractivity contribution in [2.45, 2.75) is 0 Å². The molecular formula is C10H9O4. The minimum absolute atomic E-state index is 0.122. The quantitative estimate of drug-likeness (QED) is 0.559. The summed E-state index contributed by atoms with van der Waals surface area (Å²) in [6.45, 7) is 0. The Bertz CT molecular complexity index is 369. The summed E-state index contributed by atoms with van der Waals surface area (Å²) in [5.74, 6) is -0.494. The third kappa shape index (κ3) is 1.85. The fourth-order valence-corrected chi connectivity index (χ4v) is 1.05. The summed E-state index contributed by atoms with van der Waals surface area (Å²) in [6.07, 6.45) is 4.14. The van der Waals surface area contributed by atoms with Crippen molar-refractivity contribution in [3.8, 4) is 17.2 Å². The molecule has 1 rings (SSSR count). The van der Waals surface area contributed by atoms with Gasteiger partial charge in [-0.15, -0.1) is 0 Å². The number of carbonyl (C=O) groups excluding carboxylic acids is 1. The van der Waals surface area contributed by atoms with E-state index in [1.54, 1.807) is 6.29 Å². The lowest BCUT2D eigenvalue weighted by Gasteiger charge is -2.07. The van der Waals surface area contributed by atoms with Crippen LogP contribution in [0.5, 0.6) is 17.2 Å². The topological polar surface area (TPSA) is 66.8 Å². The first-order valence-corrected chi connectivity index (χ1v) is 3.84. The van der Waals surface area contributed by atoms with Gasteiger partial charge in [-0.2, -0.15) is 0 Å². The molecule has 0 bridgehead atoms. The molecule has 4 heteroatoms. The first kappa shape index (κ1) is 10.1. The minimum Gasteiger partial charge on any atom is -0.504 e. The highest BCUT2D eigenvalue weighted by Crippen LogP contribution is 2.38. The maximum absolute atomic E-state index is 9.97. The van der Waals surface area contributed by atoms with Gasteiger partial charge in [-0.25, -0.2) is 0 Å². The van der Waals surface area contributed by atoms with Crippen LogP contribution in [0.4, 0.5) is 0 Å². The smallest absolute Gasteiger partial charge is 0.225 e. The molecule has 0 aliphatic carbocycles. The number of ether oxygens (including phenoxy) is 1. The second-order valence-corrected chi connectivity index (χ2v) is 2.51. The Morgan fingerprint density at radius 1 is 1.43 bits per heavy atom. The Hall–Kier alpha value is -1.97. The van der Waals surface area contributed by atoms with Crippen LogP contribution >= 0.6 is 0 Å². The summed E-state index contributed by atoms with van der Waals surface area (Å²) < 4.78 is 4.86. The molecule has 1 radical (unpaired) electrons. The van der Waals surface area contributed by atoms with E-state index in [9.17, 15) is 9.90 Å². The monoisotopic (exact) mass is 193 g/mol. The van der Waals surface area contributed by atoms with E-state index in [1.165, 1.54) is 25.3 Å². The molecule has 0 heterocycles. The van der Waals surface area contributed by atoms with Gasteiger partial charge in [0.15, 0.2) is 11.5 Å². The molecule has 0 saturated carbocycles. The second-order valence-electron chi connectivity index (χ2n) is 2.51. The summed E-state index contributed by atoms with van der Waals surface area (Å²) in [5.41, 5.74) is 0.492. The maximum Gasteiger partial charge on any atom is 0.225 e. The standard InChI is InChI=1S/C10H9O4/c1-14-10-7(3-2-6-11)4-5-8(12)9(10)13/h2-5,12-13H,1H3. The normalized spacial score (nSPS) is 10.4. The molecule has 0 aliphatic rings. The van der Waals surface area contributed by atoms with E-state index in [-0.39, 0.29) is 17.2 Å². The first-order valence-electron chi connectivity index (χ1n) is 3.84. The number of methoxy groups -OCH3 is 1. The summed E-state index contributed by atoms with van der Waals surface area (Å²) in [5, 5.41) is 18.5. The average molecular weight is 193 g/mol. The van der Waals surface area contributed by atoms with E-state index in [1.807, 2.05) is 0 Å². The van der Waals surface area contributed by atoms with E-state index >= 15 is 0 Å². The molecule has 0 unspecified atom stereocenters. The summed E-state index contributed by atoms with van der Waals surface area (Å²) in [6, 6.07) is 2.82. The van der Waals surface area contributed by atoms with Crippen molar-refractivity contribution in [2.75, 3.05) is 7.11 Å². The van der Waals surface area contributed by atoms with Crippen LogP contribution in [-0.4, -0.2) is 23.6 Å². The largest absolute Gasteiger partial charge is 0.504 e. The van der Waals surface area contributed by atoms with E-state index in [4.69, 9.17) is 9.84 Å². The van der Waals surface area contributed by atoms with Crippen molar-refractivity contribution in [2.24, 2.45) is 0 Å². The number of phenols is 2. The first-order chi connectivity index (χ1) is 6.70. The van der Waals surface area contributed by atoms with Crippen molar-refractivity contribution in [1.82, 2.24) is 0 Å². The Morgan fingerprint density at radius 3 is 2.71 bits per heavy atom. The molecule has 2 N–H and O–H groups in total. The number of aromatic hydroxyl groups is 2. The van der Waals surface area contributed by atoms with Gasteiger partial charge in [0.1, 0.15) is 0 Å². The molecule has 0 aliphatic heterocycles. The van der Waals surface area contributed by atoms with Crippen LogP contribution in [0.2, 0.25) is 0 Å². The van der Waals surface area contributed by atoms with Crippen LogP contribution in [0, 0.1) is 0 Å². The molecule has 14 heavy (non-hydrogen) atoms. The van der Waals surface area contributed by atoms with E-state index in [0.717, 1.165) is 6.08 Å².